The Bertz CT molecular complexity index is 464. The van der Waals surface area contributed by atoms with Crippen molar-refractivity contribution in [3.63, 3.8) is 0 Å². The van der Waals surface area contributed by atoms with E-state index in [1.807, 2.05) is 6.92 Å². The van der Waals surface area contributed by atoms with Crippen molar-refractivity contribution in [1.82, 2.24) is 10.3 Å². The molecule has 1 saturated carbocycles. The van der Waals surface area contributed by atoms with Gasteiger partial charge in [0.15, 0.2) is 9.84 Å². The number of sulfone groups is 1. The van der Waals surface area contributed by atoms with E-state index in [9.17, 15) is 8.42 Å². The molecule has 1 heterocycles. The Balaban J connectivity index is 1.88. The van der Waals surface area contributed by atoms with E-state index < -0.39 is 9.84 Å². The van der Waals surface area contributed by atoms with Gasteiger partial charge in [-0.3, -0.25) is 0 Å². The SMILES string of the molecule is CCCS(=O)(=O)Cc1ncc(CNC2CC2)s1. The maximum Gasteiger partial charge on any atom is 0.156 e. The Kier molecular flexibility index (Phi) is 4.17. The van der Waals surface area contributed by atoms with Crippen LogP contribution in [0.15, 0.2) is 6.20 Å². The number of nitrogens with zero attached hydrogens (tertiary/aromatic N) is 1. The van der Waals surface area contributed by atoms with Crippen molar-refractivity contribution in [2.75, 3.05) is 5.75 Å². The fourth-order valence-electron chi connectivity index (χ4n) is 1.60. The lowest BCUT2D eigenvalue weighted by Crippen LogP contribution is -2.14. The molecule has 0 aliphatic heterocycles. The van der Waals surface area contributed by atoms with E-state index in [1.54, 1.807) is 6.20 Å². The molecular formula is C11H18N2O2S2. The fraction of sp³-hybridized carbons (Fsp3) is 0.727. The van der Waals surface area contributed by atoms with Gasteiger partial charge in [0.1, 0.15) is 10.8 Å². The summed E-state index contributed by atoms with van der Waals surface area (Å²) >= 11 is 1.50. The lowest BCUT2D eigenvalue weighted by Gasteiger charge is -1.99. The zero-order chi connectivity index (χ0) is 12.3. The molecule has 1 aromatic heterocycles. The molecule has 1 fully saturated rings. The lowest BCUT2D eigenvalue weighted by atomic mass is 10.5. The van der Waals surface area contributed by atoms with Crippen LogP contribution in [-0.2, 0) is 22.1 Å². The summed E-state index contributed by atoms with van der Waals surface area (Å²) in [5.74, 6) is 0.344. The smallest absolute Gasteiger partial charge is 0.156 e. The summed E-state index contributed by atoms with van der Waals surface area (Å²) in [5.41, 5.74) is 0. The van der Waals surface area contributed by atoms with Crippen molar-refractivity contribution < 1.29 is 8.42 Å². The van der Waals surface area contributed by atoms with Crippen molar-refractivity contribution in [1.29, 1.82) is 0 Å². The van der Waals surface area contributed by atoms with Crippen molar-refractivity contribution in [3.05, 3.63) is 16.1 Å². The average molecular weight is 274 g/mol. The third-order valence-electron chi connectivity index (χ3n) is 2.60. The van der Waals surface area contributed by atoms with Crippen molar-refractivity contribution >= 4 is 21.2 Å². The highest BCUT2D eigenvalue weighted by Gasteiger charge is 2.20. The Morgan fingerprint density at radius 3 is 2.94 bits per heavy atom. The topological polar surface area (TPSA) is 59.1 Å². The Labute approximate surface area is 106 Å². The number of rotatable bonds is 7. The van der Waals surface area contributed by atoms with E-state index in [0.717, 1.165) is 11.4 Å². The second-order valence-electron chi connectivity index (χ2n) is 4.47. The molecular weight excluding hydrogens is 256 g/mol. The van der Waals surface area contributed by atoms with E-state index in [0.29, 0.717) is 17.5 Å². The highest BCUT2D eigenvalue weighted by Crippen LogP contribution is 2.21. The molecule has 1 aliphatic carbocycles. The zero-order valence-corrected chi connectivity index (χ0v) is 11.6. The summed E-state index contributed by atoms with van der Waals surface area (Å²) in [6.07, 6.45) is 4.98. The van der Waals surface area contributed by atoms with Crippen LogP contribution < -0.4 is 5.32 Å². The molecule has 2 rings (SSSR count). The first-order valence-electron chi connectivity index (χ1n) is 5.96. The molecule has 0 radical (unpaired) electrons. The Morgan fingerprint density at radius 1 is 1.53 bits per heavy atom. The summed E-state index contributed by atoms with van der Waals surface area (Å²) in [6, 6.07) is 0.671. The van der Waals surface area contributed by atoms with Crippen LogP contribution in [0.1, 0.15) is 36.1 Å². The minimum absolute atomic E-state index is 0.0922. The van der Waals surface area contributed by atoms with E-state index in [2.05, 4.69) is 10.3 Å². The molecule has 17 heavy (non-hydrogen) atoms. The van der Waals surface area contributed by atoms with Gasteiger partial charge in [-0.25, -0.2) is 13.4 Å². The second kappa shape index (κ2) is 5.46. The monoisotopic (exact) mass is 274 g/mol. The van der Waals surface area contributed by atoms with Gasteiger partial charge in [0, 0.05) is 23.7 Å². The summed E-state index contributed by atoms with van der Waals surface area (Å²) in [5, 5.41) is 4.11. The number of hydrogen-bond acceptors (Lipinski definition) is 5. The highest BCUT2D eigenvalue weighted by atomic mass is 32.2. The molecule has 0 amide bonds. The minimum atomic E-state index is -2.96. The third kappa shape index (κ3) is 4.37. The van der Waals surface area contributed by atoms with Crippen LogP contribution in [0, 0.1) is 0 Å². The van der Waals surface area contributed by atoms with Gasteiger partial charge in [0.2, 0.25) is 0 Å². The van der Waals surface area contributed by atoms with Gasteiger partial charge in [-0.1, -0.05) is 6.92 Å². The normalized spacial score (nSPS) is 16.3. The van der Waals surface area contributed by atoms with Gasteiger partial charge in [-0.2, -0.15) is 0 Å². The molecule has 0 unspecified atom stereocenters. The quantitative estimate of drug-likeness (QED) is 0.822. The maximum absolute atomic E-state index is 11.6. The first-order chi connectivity index (χ1) is 8.09. The predicted octanol–water partition coefficient (Wildman–Crippen LogP) is 1.72. The van der Waals surface area contributed by atoms with Crippen LogP contribution in [0.5, 0.6) is 0 Å². The molecule has 0 bridgehead atoms. The standard InChI is InChI=1S/C11H18N2O2S2/c1-2-5-17(14,15)8-11-13-7-10(16-11)6-12-9-3-4-9/h7,9,12H,2-6,8H2,1H3. The van der Waals surface area contributed by atoms with Gasteiger partial charge >= 0.3 is 0 Å². The number of nitrogens with one attached hydrogen (secondary N) is 1. The molecule has 0 spiro atoms. The average Bonchev–Trinajstić information content (AvgIpc) is 2.97. The van der Waals surface area contributed by atoms with Gasteiger partial charge in [-0.15, -0.1) is 11.3 Å². The Hall–Kier alpha value is -0.460. The van der Waals surface area contributed by atoms with E-state index in [4.69, 9.17) is 0 Å². The van der Waals surface area contributed by atoms with E-state index in [1.165, 1.54) is 24.2 Å². The number of aromatic nitrogens is 1. The molecule has 6 heteroatoms. The Morgan fingerprint density at radius 2 is 2.29 bits per heavy atom. The summed E-state index contributed by atoms with van der Waals surface area (Å²) in [7, 11) is -2.96. The number of hydrogen-bond donors (Lipinski definition) is 1. The van der Waals surface area contributed by atoms with Crippen LogP contribution >= 0.6 is 11.3 Å². The molecule has 1 N–H and O–H groups in total. The molecule has 1 aromatic rings. The summed E-state index contributed by atoms with van der Waals surface area (Å²) < 4.78 is 23.3. The molecule has 4 nitrogen and oxygen atoms in total. The highest BCUT2D eigenvalue weighted by molar-refractivity contribution is 7.90. The van der Waals surface area contributed by atoms with Crippen LogP contribution in [0.4, 0.5) is 0 Å². The first kappa shape index (κ1) is 13.0. The van der Waals surface area contributed by atoms with Gasteiger partial charge in [0.25, 0.3) is 0 Å². The van der Waals surface area contributed by atoms with Crippen molar-refractivity contribution in [2.24, 2.45) is 0 Å². The van der Waals surface area contributed by atoms with Crippen LogP contribution in [0.2, 0.25) is 0 Å². The summed E-state index contributed by atoms with van der Waals surface area (Å²) in [4.78, 5) is 5.31. The molecule has 1 aliphatic rings. The minimum Gasteiger partial charge on any atom is -0.309 e. The van der Waals surface area contributed by atoms with Crippen LogP contribution in [0.3, 0.4) is 0 Å². The first-order valence-corrected chi connectivity index (χ1v) is 8.60. The molecule has 0 aromatic carbocycles. The van der Waals surface area contributed by atoms with Crippen molar-refractivity contribution in [2.45, 2.75) is 44.5 Å². The molecule has 0 atom stereocenters. The van der Waals surface area contributed by atoms with E-state index in [-0.39, 0.29) is 11.5 Å². The van der Waals surface area contributed by atoms with E-state index >= 15 is 0 Å². The van der Waals surface area contributed by atoms with Gasteiger partial charge in [-0.05, 0) is 19.3 Å². The zero-order valence-electron chi connectivity index (χ0n) is 9.98. The van der Waals surface area contributed by atoms with Crippen molar-refractivity contribution in [3.8, 4) is 0 Å². The van der Waals surface area contributed by atoms with Crippen LogP contribution in [0.25, 0.3) is 0 Å². The molecule has 96 valence electrons. The number of thiazole rings is 1. The second-order valence-corrected chi connectivity index (χ2v) is 7.85. The van der Waals surface area contributed by atoms with Gasteiger partial charge < -0.3 is 5.32 Å². The predicted molar refractivity (Wildman–Crippen MR) is 69.8 cm³/mol. The third-order valence-corrected chi connectivity index (χ3v) is 5.53. The maximum atomic E-state index is 11.6. The molecule has 0 saturated heterocycles. The largest absolute Gasteiger partial charge is 0.309 e. The fourth-order valence-corrected chi connectivity index (χ4v) is 4.26. The lowest BCUT2D eigenvalue weighted by molar-refractivity contribution is 0.594. The summed E-state index contributed by atoms with van der Waals surface area (Å²) in [6.45, 7) is 2.69. The van der Waals surface area contributed by atoms with Crippen LogP contribution in [-0.4, -0.2) is 25.2 Å². The van der Waals surface area contributed by atoms with Gasteiger partial charge in [0.05, 0.1) is 5.75 Å².